The van der Waals surface area contributed by atoms with E-state index in [0.717, 1.165) is 18.8 Å². The standard InChI is InChI=1S/C12H14O2S/c1-9(13)6-10-4-2-3-5-12(10)15-11-7-14-8-11/h2-5,11H,6-8H2,1H3. The van der Waals surface area contributed by atoms with Crippen LogP contribution in [0.15, 0.2) is 29.2 Å². The van der Waals surface area contributed by atoms with E-state index in [9.17, 15) is 4.79 Å². The van der Waals surface area contributed by atoms with Gasteiger partial charge in [0.15, 0.2) is 0 Å². The molecule has 0 bridgehead atoms. The third-order valence-electron chi connectivity index (χ3n) is 2.31. The molecule has 80 valence electrons. The molecule has 1 fully saturated rings. The van der Waals surface area contributed by atoms with Gasteiger partial charge in [-0.15, -0.1) is 11.8 Å². The number of ketones is 1. The fraction of sp³-hybridized carbons (Fsp3) is 0.417. The zero-order valence-corrected chi connectivity index (χ0v) is 9.55. The third-order valence-corrected chi connectivity index (χ3v) is 3.57. The van der Waals surface area contributed by atoms with Gasteiger partial charge in [-0.2, -0.15) is 0 Å². The zero-order chi connectivity index (χ0) is 10.7. The molecule has 2 nitrogen and oxygen atoms in total. The summed E-state index contributed by atoms with van der Waals surface area (Å²) in [5, 5.41) is 0.568. The molecule has 0 atom stereocenters. The van der Waals surface area contributed by atoms with Gasteiger partial charge in [0.1, 0.15) is 5.78 Å². The number of carbonyl (C=O) groups excluding carboxylic acids is 1. The summed E-state index contributed by atoms with van der Waals surface area (Å²) >= 11 is 1.82. The van der Waals surface area contributed by atoms with Crippen molar-refractivity contribution in [2.24, 2.45) is 0 Å². The number of Topliss-reactive ketones (excluding diaryl/α,β-unsaturated/α-hetero) is 1. The van der Waals surface area contributed by atoms with E-state index in [1.807, 2.05) is 30.0 Å². The minimum Gasteiger partial charge on any atom is -0.379 e. The van der Waals surface area contributed by atoms with Crippen molar-refractivity contribution in [3.05, 3.63) is 29.8 Å². The highest BCUT2D eigenvalue weighted by Crippen LogP contribution is 2.30. The third kappa shape index (κ3) is 2.83. The lowest BCUT2D eigenvalue weighted by Gasteiger charge is -2.25. The molecule has 0 aromatic heterocycles. The number of carbonyl (C=O) groups is 1. The number of hydrogen-bond donors (Lipinski definition) is 0. The molecule has 0 radical (unpaired) electrons. The van der Waals surface area contributed by atoms with Crippen molar-refractivity contribution >= 4 is 17.5 Å². The molecule has 1 heterocycles. The van der Waals surface area contributed by atoms with Crippen molar-refractivity contribution in [2.45, 2.75) is 23.5 Å². The number of hydrogen-bond acceptors (Lipinski definition) is 3. The van der Waals surface area contributed by atoms with E-state index in [-0.39, 0.29) is 5.78 Å². The Morgan fingerprint density at radius 2 is 2.20 bits per heavy atom. The van der Waals surface area contributed by atoms with Gasteiger partial charge in [-0.3, -0.25) is 4.79 Å². The van der Waals surface area contributed by atoms with Gasteiger partial charge < -0.3 is 4.74 Å². The molecule has 0 spiro atoms. The lowest BCUT2D eigenvalue weighted by atomic mass is 10.1. The van der Waals surface area contributed by atoms with Crippen LogP contribution in [0, 0.1) is 0 Å². The monoisotopic (exact) mass is 222 g/mol. The smallest absolute Gasteiger partial charge is 0.134 e. The molecule has 3 heteroatoms. The summed E-state index contributed by atoms with van der Waals surface area (Å²) in [6.45, 7) is 3.30. The van der Waals surface area contributed by atoms with Crippen molar-refractivity contribution in [3.63, 3.8) is 0 Å². The Morgan fingerprint density at radius 1 is 1.47 bits per heavy atom. The van der Waals surface area contributed by atoms with Crippen LogP contribution in [0.25, 0.3) is 0 Å². The average Bonchev–Trinajstić information content (AvgIpc) is 2.13. The molecule has 0 N–H and O–H groups in total. The molecule has 0 aliphatic carbocycles. The number of thioether (sulfide) groups is 1. The first-order valence-corrected chi connectivity index (χ1v) is 5.95. The van der Waals surface area contributed by atoms with E-state index in [1.54, 1.807) is 6.92 Å². The first-order valence-electron chi connectivity index (χ1n) is 5.07. The summed E-state index contributed by atoms with van der Waals surface area (Å²) in [5.41, 5.74) is 1.14. The molecule has 0 saturated carbocycles. The normalized spacial score (nSPS) is 16.1. The number of rotatable bonds is 4. The van der Waals surface area contributed by atoms with Gasteiger partial charge >= 0.3 is 0 Å². The van der Waals surface area contributed by atoms with Crippen molar-refractivity contribution in [2.75, 3.05) is 13.2 Å². The van der Waals surface area contributed by atoms with Crippen molar-refractivity contribution in [1.29, 1.82) is 0 Å². The maximum Gasteiger partial charge on any atom is 0.134 e. The molecule has 0 amide bonds. The van der Waals surface area contributed by atoms with E-state index < -0.39 is 0 Å². The highest BCUT2D eigenvalue weighted by Gasteiger charge is 2.20. The van der Waals surface area contributed by atoms with Crippen LogP contribution >= 0.6 is 11.8 Å². The number of ether oxygens (including phenoxy) is 1. The van der Waals surface area contributed by atoms with Crippen LogP contribution in [0.2, 0.25) is 0 Å². The lowest BCUT2D eigenvalue weighted by Crippen LogP contribution is -2.30. The molecular weight excluding hydrogens is 208 g/mol. The highest BCUT2D eigenvalue weighted by molar-refractivity contribution is 8.00. The van der Waals surface area contributed by atoms with Gasteiger partial charge in [0, 0.05) is 11.3 Å². The minimum atomic E-state index is 0.216. The molecule has 1 aliphatic heterocycles. The van der Waals surface area contributed by atoms with E-state index in [1.165, 1.54) is 4.90 Å². The summed E-state index contributed by atoms with van der Waals surface area (Å²) in [4.78, 5) is 12.3. The Hall–Kier alpha value is -0.800. The van der Waals surface area contributed by atoms with Crippen LogP contribution in [0.4, 0.5) is 0 Å². The molecule has 15 heavy (non-hydrogen) atoms. The first-order chi connectivity index (χ1) is 7.25. The Balaban J connectivity index is 2.09. The second-order valence-corrected chi connectivity index (χ2v) is 5.11. The van der Waals surface area contributed by atoms with Crippen molar-refractivity contribution in [1.82, 2.24) is 0 Å². The molecule has 2 rings (SSSR count). The van der Waals surface area contributed by atoms with Gasteiger partial charge in [-0.25, -0.2) is 0 Å². The summed E-state index contributed by atoms with van der Waals surface area (Å²) in [5.74, 6) is 0.216. The highest BCUT2D eigenvalue weighted by atomic mass is 32.2. The molecule has 1 aromatic rings. The van der Waals surface area contributed by atoms with Crippen LogP contribution in [-0.4, -0.2) is 24.2 Å². The Labute approximate surface area is 94.0 Å². The van der Waals surface area contributed by atoms with Crippen molar-refractivity contribution in [3.8, 4) is 0 Å². The Kier molecular flexibility index (Phi) is 3.44. The van der Waals surface area contributed by atoms with Crippen LogP contribution in [0.5, 0.6) is 0 Å². The summed E-state index contributed by atoms with van der Waals surface area (Å²) in [6, 6.07) is 8.12. The topological polar surface area (TPSA) is 26.3 Å². The fourth-order valence-corrected chi connectivity index (χ4v) is 2.63. The largest absolute Gasteiger partial charge is 0.379 e. The predicted molar refractivity (Wildman–Crippen MR) is 61.3 cm³/mol. The molecule has 1 aliphatic rings. The minimum absolute atomic E-state index is 0.216. The van der Waals surface area contributed by atoms with E-state index >= 15 is 0 Å². The first kappa shape index (κ1) is 10.7. The fourth-order valence-electron chi connectivity index (χ4n) is 1.49. The molecule has 1 aromatic carbocycles. The zero-order valence-electron chi connectivity index (χ0n) is 8.73. The van der Waals surface area contributed by atoms with Crippen LogP contribution in [-0.2, 0) is 16.0 Å². The van der Waals surface area contributed by atoms with Crippen LogP contribution < -0.4 is 0 Å². The SMILES string of the molecule is CC(=O)Cc1ccccc1SC1COC1. The quantitative estimate of drug-likeness (QED) is 0.782. The molecule has 1 saturated heterocycles. The van der Waals surface area contributed by atoms with Gasteiger partial charge in [0.05, 0.1) is 18.5 Å². The van der Waals surface area contributed by atoms with Gasteiger partial charge in [-0.05, 0) is 18.6 Å². The summed E-state index contributed by atoms with van der Waals surface area (Å²) in [7, 11) is 0. The van der Waals surface area contributed by atoms with Gasteiger partial charge in [-0.1, -0.05) is 18.2 Å². The Bertz CT molecular complexity index is 358. The summed E-state index contributed by atoms with van der Waals surface area (Å²) < 4.78 is 5.14. The maximum atomic E-state index is 11.1. The second kappa shape index (κ2) is 4.81. The Morgan fingerprint density at radius 3 is 2.80 bits per heavy atom. The number of benzene rings is 1. The van der Waals surface area contributed by atoms with Crippen molar-refractivity contribution < 1.29 is 9.53 Å². The van der Waals surface area contributed by atoms with E-state index in [2.05, 4.69) is 6.07 Å². The lowest BCUT2D eigenvalue weighted by molar-refractivity contribution is -0.116. The van der Waals surface area contributed by atoms with Crippen LogP contribution in [0.1, 0.15) is 12.5 Å². The molecule has 0 unspecified atom stereocenters. The summed E-state index contributed by atoms with van der Waals surface area (Å²) in [6.07, 6.45) is 0.538. The van der Waals surface area contributed by atoms with Gasteiger partial charge in [0.2, 0.25) is 0 Å². The van der Waals surface area contributed by atoms with Crippen LogP contribution in [0.3, 0.4) is 0 Å². The van der Waals surface area contributed by atoms with E-state index in [4.69, 9.17) is 4.74 Å². The van der Waals surface area contributed by atoms with E-state index in [0.29, 0.717) is 11.7 Å². The van der Waals surface area contributed by atoms with Gasteiger partial charge in [0.25, 0.3) is 0 Å². The second-order valence-electron chi connectivity index (χ2n) is 3.76. The predicted octanol–water partition coefficient (Wildman–Crippen LogP) is 2.31. The molecular formula is C12H14O2S. The maximum absolute atomic E-state index is 11.1. The average molecular weight is 222 g/mol.